The lowest BCUT2D eigenvalue weighted by Crippen LogP contribution is -2.63. The zero-order valence-electron chi connectivity index (χ0n) is 20.9. The summed E-state index contributed by atoms with van der Waals surface area (Å²) in [5.41, 5.74) is -2.08. The van der Waals surface area contributed by atoms with Crippen molar-refractivity contribution in [1.29, 1.82) is 0 Å². The minimum absolute atomic E-state index is 0.0124. The number of rotatable bonds is 7. The number of carbonyl (C=O) groups is 3. The van der Waals surface area contributed by atoms with Gasteiger partial charge in [-0.1, -0.05) is 18.2 Å². The number of ether oxygens (including phenoxy) is 2. The third-order valence-corrected chi connectivity index (χ3v) is 6.63. The molecular formula is C26H30FN3O8. The molecule has 204 valence electrons. The predicted molar refractivity (Wildman–Crippen MR) is 130 cm³/mol. The van der Waals surface area contributed by atoms with E-state index in [4.69, 9.17) is 9.47 Å². The van der Waals surface area contributed by atoms with Crippen molar-refractivity contribution in [3.05, 3.63) is 70.8 Å². The number of amides is 3. The first-order valence-electron chi connectivity index (χ1n) is 12.2. The number of carbonyl (C=O) groups excluding carboxylic acids is 3. The summed E-state index contributed by atoms with van der Waals surface area (Å²) < 4.78 is 25.3. The zero-order valence-corrected chi connectivity index (χ0v) is 20.9. The van der Waals surface area contributed by atoms with Crippen LogP contribution in [0.2, 0.25) is 0 Å². The summed E-state index contributed by atoms with van der Waals surface area (Å²) in [6.07, 6.45) is 4.98. The molecule has 12 heteroatoms. The molecule has 3 amide bonds. The van der Waals surface area contributed by atoms with Crippen LogP contribution in [-0.2, 0) is 36.4 Å². The maximum Gasteiger partial charge on any atom is 0.353 e. The second-order valence-corrected chi connectivity index (χ2v) is 9.26. The van der Waals surface area contributed by atoms with Gasteiger partial charge in [-0.15, -0.1) is 0 Å². The molecule has 3 aliphatic rings. The van der Waals surface area contributed by atoms with E-state index in [-0.39, 0.29) is 30.5 Å². The van der Waals surface area contributed by atoms with Crippen LogP contribution in [0.15, 0.2) is 53.8 Å². The lowest BCUT2D eigenvalue weighted by molar-refractivity contribution is -0.327. The molecule has 4 N–H and O–H groups in total. The molecule has 11 nitrogen and oxygen atoms in total. The van der Waals surface area contributed by atoms with Crippen LogP contribution in [0.1, 0.15) is 30.9 Å². The van der Waals surface area contributed by atoms with Gasteiger partial charge in [-0.2, -0.15) is 0 Å². The van der Waals surface area contributed by atoms with E-state index in [0.717, 1.165) is 11.2 Å². The first-order chi connectivity index (χ1) is 18.0. The molecule has 3 heterocycles. The van der Waals surface area contributed by atoms with E-state index in [1.165, 1.54) is 24.3 Å². The monoisotopic (exact) mass is 531 g/mol. The number of nitrogens with one attached hydrogen (secondary N) is 1. The minimum atomic E-state index is -3.08. The van der Waals surface area contributed by atoms with Gasteiger partial charge in [-0.25, -0.2) is 4.39 Å². The number of allylic oxidation sites excluding steroid dienone is 3. The van der Waals surface area contributed by atoms with Crippen molar-refractivity contribution in [2.24, 2.45) is 0 Å². The van der Waals surface area contributed by atoms with Gasteiger partial charge in [0.15, 0.2) is 0 Å². The Balaban J connectivity index is 1.54. The molecule has 1 aromatic rings. The summed E-state index contributed by atoms with van der Waals surface area (Å²) in [6.45, 7) is 4.42. The molecule has 38 heavy (non-hydrogen) atoms. The highest BCUT2D eigenvalue weighted by Gasteiger charge is 2.52. The van der Waals surface area contributed by atoms with Crippen molar-refractivity contribution >= 4 is 17.7 Å². The molecule has 0 saturated carbocycles. The van der Waals surface area contributed by atoms with Crippen molar-refractivity contribution in [3.8, 4) is 0 Å². The highest BCUT2D eigenvalue weighted by atomic mass is 19.1. The van der Waals surface area contributed by atoms with E-state index in [9.17, 15) is 34.1 Å². The van der Waals surface area contributed by atoms with E-state index in [2.05, 4.69) is 4.90 Å². The van der Waals surface area contributed by atoms with E-state index in [1.807, 2.05) is 5.32 Å². The number of morpholine rings is 1. The topological polar surface area (TPSA) is 149 Å². The van der Waals surface area contributed by atoms with Gasteiger partial charge in [0.2, 0.25) is 11.6 Å². The molecule has 0 spiro atoms. The minimum Gasteiger partial charge on any atom is -0.443 e. The summed E-state index contributed by atoms with van der Waals surface area (Å²) in [4.78, 5) is 40.0. The van der Waals surface area contributed by atoms with Gasteiger partial charge < -0.3 is 24.8 Å². The van der Waals surface area contributed by atoms with Crippen molar-refractivity contribution in [2.75, 3.05) is 32.8 Å². The van der Waals surface area contributed by atoms with Gasteiger partial charge in [0.05, 0.1) is 31.6 Å². The van der Waals surface area contributed by atoms with Gasteiger partial charge in [-0.3, -0.25) is 29.5 Å². The third kappa shape index (κ3) is 5.69. The predicted octanol–water partition coefficient (Wildman–Crippen LogP) is 0.123. The van der Waals surface area contributed by atoms with Crippen LogP contribution in [0.5, 0.6) is 0 Å². The Hall–Kier alpha value is -3.42. The van der Waals surface area contributed by atoms with E-state index in [1.54, 1.807) is 19.1 Å². The number of likely N-dealkylation sites (tertiary alicyclic amines) is 1. The Morgan fingerprint density at radius 3 is 2.63 bits per heavy atom. The van der Waals surface area contributed by atoms with Gasteiger partial charge in [0.1, 0.15) is 5.82 Å². The Bertz CT molecular complexity index is 1200. The summed E-state index contributed by atoms with van der Waals surface area (Å²) in [5, 5.41) is 34.0. The average Bonchev–Trinajstić information content (AvgIpc) is 3.20. The number of nitrogens with zero attached hydrogens (tertiary/aromatic N) is 2. The van der Waals surface area contributed by atoms with Crippen LogP contribution in [0.4, 0.5) is 4.39 Å². The van der Waals surface area contributed by atoms with E-state index < -0.39 is 40.8 Å². The van der Waals surface area contributed by atoms with Gasteiger partial charge in [-0.05, 0) is 30.7 Å². The lowest BCUT2D eigenvalue weighted by Gasteiger charge is -2.37. The zero-order chi connectivity index (χ0) is 27.5. The van der Waals surface area contributed by atoms with Gasteiger partial charge in [0, 0.05) is 43.6 Å². The number of halogens is 1. The van der Waals surface area contributed by atoms with Crippen LogP contribution in [0.3, 0.4) is 0 Å². The molecule has 4 rings (SSSR count). The Kier molecular flexibility index (Phi) is 8.09. The van der Waals surface area contributed by atoms with Crippen molar-refractivity contribution < 1.29 is 43.6 Å². The SMILES string of the molecule is C\C=C/C=C1/C(=O)N(C2(O)CCC(=O)NC2=O)C/C1=C\OC(O)(O)c1ccc(CN2CCOCC2)cc1F. The fraction of sp³-hybridized carbons (Fsp3) is 0.423. The highest BCUT2D eigenvalue weighted by Crippen LogP contribution is 2.34. The number of hydrogen-bond donors (Lipinski definition) is 4. The molecule has 0 aliphatic carbocycles. The molecule has 1 atom stereocenters. The van der Waals surface area contributed by atoms with Crippen molar-refractivity contribution in [1.82, 2.24) is 15.1 Å². The number of hydrogen-bond acceptors (Lipinski definition) is 9. The lowest BCUT2D eigenvalue weighted by atomic mass is 10.00. The van der Waals surface area contributed by atoms with E-state index >= 15 is 0 Å². The molecule has 1 aromatic carbocycles. The highest BCUT2D eigenvalue weighted by molar-refractivity contribution is 6.08. The summed E-state index contributed by atoms with van der Waals surface area (Å²) in [5.74, 6) is -6.32. The van der Waals surface area contributed by atoms with Gasteiger partial charge >= 0.3 is 5.97 Å². The molecule has 0 radical (unpaired) electrons. The molecule has 3 aliphatic heterocycles. The molecule has 3 saturated heterocycles. The smallest absolute Gasteiger partial charge is 0.353 e. The molecular weight excluding hydrogens is 501 g/mol. The Morgan fingerprint density at radius 2 is 1.97 bits per heavy atom. The molecule has 0 aromatic heterocycles. The fourth-order valence-electron chi connectivity index (χ4n) is 4.48. The van der Waals surface area contributed by atoms with Crippen LogP contribution in [-0.4, -0.2) is 81.4 Å². The van der Waals surface area contributed by atoms with E-state index in [0.29, 0.717) is 38.4 Å². The van der Waals surface area contributed by atoms with Crippen LogP contribution >= 0.6 is 0 Å². The quantitative estimate of drug-likeness (QED) is 0.167. The second-order valence-electron chi connectivity index (χ2n) is 9.26. The van der Waals surface area contributed by atoms with Crippen LogP contribution in [0, 0.1) is 5.82 Å². The maximum atomic E-state index is 14.9. The average molecular weight is 532 g/mol. The molecule has 0 bridgehead atoms. The van der Waals surface area contributed by atoms with Crippen molar-refractivity contribution in [2.45, 2.75) is 38.0 Å². The molecule has 3 fully saturated rings. The number of piperidine rings is 1. The maximum absolute atomic E-state index is 14.9. The fourth-order valence-corrected chi connectivity index (χ4v) is 4.48. The molecule has 1 unspecified atom stereocenters. The van der Waals surface area contributed by atoms with Crippen LogP contribution < -0.4 is 5.32 Å². The summed E-state index contributed by atoms with van der Waals surface area (Å²) in [6, 6.07) is 3.96. The number of benzene rings is 1. The standard InChI is InChI=1S/C26H30FN3O8/c1-2-3-4-19-18(15-30(23(19)32)25(34)8-7-22(31)28-24(25)33)16-38-26(35,36)20-6-5-17(13-21(20)27)14-29-9-11-37-12-10-29/h2-6,13,16,34-36H,7-12,14-15H2,1H3,(H,28,31,33)/b3-2-,18-16+,19-4+. The van der Waals surface area contributed by atoms with Crippen LogP contribution in [0.25, 0.3) is 0 Å². The second kappa shape index (κ2) is 11.1. The first kappa shape index (κ1) is 27.6. The Morgan fingerprint density at radius 1 is 1.24 bits per heavy atom. The first-order valence-corrected chi connectivity index (χ1v) is 12.2. The summed E-state index contributed by atoms with van der Waals surface area (Å²) in [7, 11) is 0. The van der Waals surface area contributed by atoms with Crippen molar-refractivity contribution in [3.63, 3.8) is 0 Å². The Labute approximate surface area is 218 Å². The largest absolute Gasteiger partial charge is 0.443 e. The number of aliphatic hydroxyl groups is 3. The normalized spacial score (nSPS) is 25.6. The number of imide groups is 1. The van der Waals surface area contributed by atoms with Gasteiger partial charge in [0.25, 0.3) is 11.8 Å². The third-order valence-electron chi connectivity index (χ3n) is 6.63. The summed E-state index contributed by atoms with van der Waals surface area (Å²) >= 11 is 0.